The number of benzene rings is 2. The van der Waals surface area contributed by atoms with Gasteiger partial charge in [0.05, 0.1) is 5.56 Å². The van der Waals surface area contributed by atoms with E-state index in [9.17, 15) is 35.5 Å². The van der Waals surface area contributed by atoms with Crippen LogP contribution >= 0.6 is 43.6 Å². The van der Waals surface area contributed by atoms with Crippen molar-refractivity contribution in [3.05, 3.63) is 73.7 Å². The van der Waals surface area contributed by atoms with Crippen LogP contribution in [0.4, 0.5) is 30.7 Å². The molecule has 0 radical (unpaired) electrons. The highest BCUT2D eigenvalue weighted by molar-refractivity contribution is 9.11. The summed E-state index contributed by atoms with van der Waals surface area (Å²) in [5, 5.41) is 0. The van der Waals surface area contributed by atoms with Crippen molar-refractivity contribution < 1.29 is 35.5 Å². The van der Waals surface area contributed by atoms with E-state index in [0.717, 1.165) is 30.0 Å². The molecule has 2 atom stereocenters. The first-order valence-corrected chi connectivity index (χ1v) is 13.1. The van der Waals surface area contributed by atoms with Crippen molar-refractivity contribution in [3.8, 4) is 0 Å². The maximum Gasteiger partial charge on any atom is 0.417 e. The summed E-state index contributed by atoms with van der Waals surface area (Å²) in [5.74, 6) is -3.46. The van der Waals surface area contributed by atoms with Gasteiger partial charge in [0, 0.05) is 26.5 Å². The minimum absolute atomic E-state index is 0.137. The Kier molecular flexibility index (Phi) is 10.5. The van der Waals surface area contributed by atoms with Crippen LogP contribution in [0.15, 0.2) is 51.4 Å². The molecule has 2 aromatic rings. The first kappa shape index (κ1) is 29.9. The average Bonchev–Trinajstić information content (AvgIpc) is 2.73. The second kappa shape index (κ2) is 12.3. The number of rotatable bonds is 9. The van der Waals surface area contributed by atoms with Crippen LogP contribution in [-0.2, 0) is 6.18 Å². The lowest BCUT2D eigenvalue weighted by atomic mass is 9.93. The van der Waals surface area contributed by atoms with E-state index in [1.165, 1.54) is 6.07 Å². The molecule has 2 rings (SSSR count). The van der Waals surface area contributed by atoms with Gasteiger partial charge >= 0.3 is 12.4 Å². The third kappa shape index (κ3) is 8.63. The highest BCUT2D eigenvalue weighted by atomic mass is 79.9. The molecule has 0 amide bonds. The predicted octanol–water partition coefficient (Wildman–Crippen LogP) is 9.85. The van der Waals surface area contributed by atoms with Crippen molar-refractivity contribution in [2.45, 2.75) is 38.5 Å². The monoisotopic (exact) mass is 648 g/mol. The Bertz CT molecular complexity index is 1060. The number of Topliss-reactive ketones (excluding diaryl/α,β-unsaturated/α-hetero) is 1. The molecule has 0 spiro atoms. The van der Waals surface area contributed by atoms with Gasteiger partial charge in [-0.3, -0.25) is 4.79 Å². The summed E-state index contributed by atoms with van der Waals surface area (Å²) >= 11 is 7.69. The quantitative estimate of drug-likeness (QED) is 0.199. The van der Waals surface area contributed by atoms with Crippen LogP contribution in [0.3, 0.4) is 0 Å². The SMILES string of the molecule is CCSC[C@@H](C)CC(=O)c1ccc(/C(F)=C/C(c2cc(Br)cc(Br)c2)C(F)(F)F)cc1C(F)(F)F. The lowest BCUT2D eigenvalue weighted by Crippen LogP contribution is -2.19. The van der Waals surface area contributed by atoms with Gasteiger partial charge < -0.3 is 0 Å². The Morgan fingerprint density at radius 1 is 1.03 bits per heavy atom. The third-order valence-corrected chi connectivity index (χ3v) is 7.08. The molecule has 0 aliphatic carbocycles. The number of hydrogen-bond donors (Lipinski definition) is 0. The highest BCUT2D eigenvalue weighted by Gasteiger charge is 2.40. The molecule has 2 aromatic carbocycles. The van der Waals surface area contributed by atoms with Crippen LogP contribution in [-0.4, -0.2) is 23.5 Å². The first-order valence-electron chi connectivity index (χ1n) is 10.4. The zero-order valence-electron chi connectivity index (χ0n) is 18.5. The van der Waals surface area contributed by atoms with Crippen molar-refractivity contribution in [2.24, 2.45) is 5.92 Å². The fourth-order valence-corrected chi connectivity index (χ4v) is 5.44. The van der Waals surface area contributed by atoms with Gasteiger partial charge in [-0.1, -0.05) is 57.8 Å². The van der Waals surface area contributed by atoms with E-state index in [1.54, 1.807) is 18.7 Å². The van der Waals surface area contributed by atoms with E-state index in [2.05, 4.69) is 31.9 Å². The van der Waals surface area contributed by atoms with E-state index in [0.29, 0.717) is 20.8 Å². The fraction of sp³-hybridized carbons (Fsp3) is 0.375. The number of ketones is 1. The van der Waals surface area contributed by atoms with Crippen molar-refractivity contribution >= 4 is 55.2 Å². The number of allylic oxidation sites excluding steroid dienone is 1. The zero-order chi connectivity index (χ0) is 26.6. The zero-order valence-corrected chi connectivity index (χ0v) is 22.5. The average molecular weight is 650 g/mol. The number of thioether (sulfide) groups is 1. The smallest absolute Gasteiger partial charge is 0.294 e. The molecule has 1 unspecified atom stereocenters. The van der Waals surface area contributed by atoms with Crippen molar-refractivity contribution in [2.75, 3.05) is 11.5 Å². The summed E-state index contributed by atoms with van der Waals surface area (Å²) in [6.07, 6.45) is -9.81. The molecule has 1 nitrogen and oxygen atoms in total. The Labute approximate surface area is 219 Å². The van der Waals surface area contributed by atoms with Gasteiger partial charge in [-0.05, 0) is 53.3 Å². The van der Waals surface area contributed by atoms with Gasteiger partial charge in [0.15, 0.2) is 5.78 Å². The van der Waals surface area contributed by atoms with Crippen LogP contribution in [0.2, 0.25) is 0 Å². The van der Waals surface area contributed by atoms with E-state index in [-0.39, 0.29) is 24.0 Å². The van der Waals surface area contributed by atoms with Crippen LogP contribution < -0.4 is 0 Å². The molecule has 0 bridgehead atoms. The minimum Gasteiger partial charge on any atom is -0.294 e. The standard InChI is InChI=1S/C24H21Br2F7OS/c1-3-35-12-13(2)6-22(34)18-5-4-14(9-20(18)24(31,32)33)21(27)11-19(23(28,29)30)15-7-16(25)10-17(26)8-15/h4-5,7-11,13,19H,3,6,12H2,1-2H3/b21-11-/t13-,19?/m0/s1. The first-order chi connectivity index (χ1) is 16.1. The van der Waals surface area contributed by atoms with Gasteiger partial charge in [-0.15, -0.1) is 0 Å². The third-order valence-electron chi connectivity index (χ3n) is 4.95. The van der Waals surface area contributed by atoms with Gasteiger partial charge in [-0.2, -0.15) is 38.1 Å². The topological polar surface area (TPSA) is 17.1 Å². The van der Waals surface area contributed by atoms with Crippen molar-refractivity contribution in [1.29, 1.82) is 0 Å². The molecule has 0 aliphatic heterocycles. The van der Waals surface area contributed by atoms with Crippen molar-refractivity contribution in [1.82, 2.24) is 0 Å². The number of carbonyl (C=O) groups is 1. The summed E-state index contributed by atoms with van der Waals surface area (Å²) in [6, 6.07) is 5.88. The summed E-state index contributed by atoms with van der Waals surface area (Å²) in [5.41, 5.74) is -3.03. The van der Waals surface area contributed by atoms with Crippen LogP contribution in [0, 0.1) is 5.92 Å². The fourth-order valence-electron chi connectivity index (χ4n) is 3.35. The second-order valence-electron chi connectivity index (χ2n) is 7.89. The Morgan fingerprint density at radius 3 is 2.14 bits per heavy atom. The Balaban J connectivity index is 2.49. The predicted molar refractivity (Wildman–Crippen MR) is 132 cm³/mol. The highest BCUT2D eigenvalue weighted by Crippen LogP contribution is 2.41. The minimum atomic E-state index is -5.00. The summed E-state index contributed by atoms with van der Waals surface area (Å²) < 4.78 is 97.8. The van der Waals surface area contributed by atoms with E-state index in [4.69, 9.17) is 0 Å². The lowest BCUT2D eigenvalue weighted by Gasteiger charge is -2.19. The maximum absolute atomic E-state index is 14.9. The van der Waals surface area contributed by atoms with E-state index < -0.39 is 46.6 Å². The number of halogens is 9. The van der Waals surface area contributed by atoms with E-state index in [1.807, 2.05) is 6.92 Å². The molecular formula is C24H21Br2F7OS. The molecular weight excluding hydrogens is 629 g/mol. The van der Waals surface area contributed by atoms with E-state index >= 15 is 0 Å². The largest absolute Gasteiger partial charge is 0.417 e. The van der Waals surface area contributed by atoms with Gasteiger partial charge in [0.2, 0.25) is 0 Å². The molecule has 0 fully saturated rings. The van der Waals surface area contributed by atoms with Crippen LogP contribution in [0.25, 0.3) is 5.83 Å². The number of hydrogen-bond acceptors (Lipinski definition) is 2. The molecule has 0 saturated carbocycles. The van der Waals surface area contributed by atoms with Crippen LogP contribution in [0.5, 0.6) is 0 Å². The Hall–Kier alpha value is -1.33. The molecule has 35 heavy (non-hydrogen) atoms. The molecule has 192 valence electrons. The van der Waals surface area contributed by atoms with Gasteiger partial charge in [0.25, 0.3) is 0 Å². The molecule has 0 heterocycles. The summed E-state index contributed by atoms with van der Waals surface area (Å²) in [7, 11) is 0. The molecule has 11 heteroatoms. The maximum atomic E-state index is 14.9. The molecule has 0 aromatic heterocycles. The van der Waals surface area contributed by atoms with Gasteiger partial charge in [0.1, 0.15) is 11.7 Å². The van der Waals surface area contributed by atoms with Crippen LogP contribution in [0.1, 0.15) is 53.2 Å². The normalized spacial score (nSPS) is 14.7. The van der Waals surface area contributed by atoms with Gasteiger partial charge in [-0.25, -0.2) is 4.39 Å². The summed E-state index contributed by atoms with van der Waals surface area (Å²) in [4.78, 5) is 12.5. The Morgan fingerprint density at radius 2 is 1.63 bits per heavy atom. The lowest BCUT2D eigenvalue weighted by molar-refractivity contribution is -0.140. The molecule has 0 N–H and O–H groups in total. The summed E-state index contributed by atoms with van der Waals surface area (Å²) in [6.45, 7) is 3.66. The number of carbonyl (C=O) groups excluding carboxylic acids is 1. The molecule has 0 saturated heterocycles. The number of alkyl halides is 6. The molecule has 0 aliphatic rings. The van der Waals surface area contributed by atoms with Crippen molar-refractivity contribution in [3.63, 3.8) is 0 Å². The second-order valence-corrected chi connectivity index (χ2v) is 11.0.